The van der Waals surface area contributed by atoms with Gasteiger partial charge >= 0.3 is 0 Å². The molecule has 4 aliphatic rings. The Balaban J connectivity index is 1.56. The summed E-state index contributed by atoms with van der Waals surface area (Å²) in [6, 6.07) is 2.03. The van der Waals surface area contributed by atoms with Crippen LogP contribution < -0.4 is 5.73 Å². The highest BCUT2D eigenvalue weighted by molar-refractivity contribution is 6.32. The molecule has 208 valence electrons. The van der Waals surface area contributed by atoms with Gasteiger partial charge in [-0.15, -0.1) is 11.6 Å². The number of likely N-dealkylation sites (N-methyl/N-ethyl adjacent to an activating group) is 1. The number of ketones is 4. The van der Waals surface area contributed by atoms with Gasteiger partial charge in [0.1, 0.15) is 5.75 Å². The number of carbonyl (C=O) groups excluding carboxylic acids is 5. The Morgan fingerprint density at radius 1 is 1.18 bits per heavy atom. The number of rotatable bonds is 5. The molecule has 3 unspecified atom stereocenters. The third-order valence-electron chi connectivity index (χ3n) is 9.17. The zero-order valence-corrected chi connectivity index (χ0v) is 22.7. The summed E-state index contributed by atoms with van der Waals surface area (Å²) in [5.41, 5.74) is 5.18. The summed E-state index contributed by atoms with van der Waals surface area (Å²) >= 11 is 6.79. The number of carbonyl (C=O) groups is 5. The number of aliphatic hydroxyl groups is 1. The van der Waals surface area contributed by atoms with E-state index in [9.17, 15) is 34.2 Å². The molecule has 5 rings (SSSR count). The van der Waals surface area contributed by atoms with Crippen molar-refractivity contribution in [3.8, 4) is 5.75 Å². The van der Waals surface area contributed by atoms with E-state index in [0.29, 0.717) is 12.0 Å². The van der Waals surface area contributed by atoms with Gasteiger partial charge in [-0.3, -0.25) is 28.9 Å². The van der Waals surface area contributed by atoms with Crippen LogP contribution in [0.1, 0.15) is 53.6 Å². The van der Waals surface area contributed by atoms with Crippen molar-refractivity contribution < 1.29 is 34.2 Å². The van der Waals surface area contributed by atoms with Crippen LogP contribution in [0.5, 0.6) is 5.75 Å². The van der Waals surface area contributed by atoms with Crippen LogP contribution in [0.4, 0.5) is 0 Å². The SMILES string of the molecule is CN(C)[C@@H]1C(=O)C(C(N)=O)C(=O)[C@@]2(O)C(=O)C3C(=O)c4c(O)ccc(CC(Cl)C5=CCCCC5)c4C[C@H]3C[C@@H]12. The van der Waals surface area contributed by atoms with E-state index < -0.39 is 64.4 Å². The first-order valence-corrected chi connectivity index (χ1v) is 13.8. The molecule has 1 amide bonds. The number of hydrogen-bond acceptors (Lipinski definition) is 8. The van der Waals surface area contributed by atoms with Crippen molar-refractivity contribution >= 4 is 40.6 Å². The monoisotopic (exact) mass is 556 g/mol. The number of nitrogens with zero attached hydrogens (tertiary/aromatic N) is 1. The Kier molecular flexibility index (Phi) is 7.06. The summed E-state index contributed by atoms with van der Waals surface area (Å²) in [4.78, 5) is 67.8. The second kappa shape index (κ2) is 9.94. The van der Waals surface area contributed by atoms with Crippen molar-refractivity contribution in [2.75, 3.05) is 14.1 Å². The Hall–Kier alpha value is -2.88. The summed E-state index contributed by atoms with van der Waals surface area (Å²) < 4.78 is 0. The lowest BCUT2D eigenvalue weighted by Crippen LogP contribution is -2.74. The topological polar surface area (TPSA) is 155 Å². The number of fused-ring (bicyclic) bond motifs is 3. The molecular formula is C29H33ClN2O7. The third kappa shape index (κ3) is 4.17. The number of halogens is 1. The largest absolute Gasteiger partial charge is 0.507 e. The van der Waals surface area contributed by atoms with Gasteiger partial charge in [0, 0.05) is 5.92 Å². The number of Topliss-reactive ketones (excluding diaryl/α,β-unsaturated/α-hetero) is 4. The highest BCUT2D eigenvalue weighted by Crippen LogP contribution is 2.51. The average molecular weight is 557 g/mol. The predicted octanol–water partition coefficient (Wildman–Crippen LogP) is 1.52. The van der Waals surface area contributed by atoms with Gasteiger partial charge in [0.25, 0.3) is 0 Å². The quantitative estimate of drug-likeness (QED) is 0.280. The second-order valence-corrected chi connectivity index (χ2v) is 12.1. The van der Waals surface area contributed by atoms with Crippen LogP contribution in [0.15, 0.2) is 23.8 Å². The van der Waals surface area contributed by atoms with E-state index in [2.05, 4.69) is 6.08 Å². The number of nitrogens with two attached hydrogens (primary N) is 1. The molecule has 2 fully saturated rings. The summed E-state index contributed by atoms with van der Waals surface area (Å²) in [5, 5.41) is 22.1. The standard InChI is InChI=1S/C29H33ClN2O7/c1-32(2)23-17-11-15-10-16-14(12-18(30)13-6-4-3-5-7-13)8-9-19(33)21(16)24(34)20(15)26(36)29(17,39)27(37)22(25(23)35)28(31)38/h6,8-9,15,17-18,20,22-23,33,39H,3-5,7,10-12H2,1-2H3,(H2,31,38)/t15-,17-,18?,20?,22?,23-,29-/m0/s1. The number of primary amides is 1. The number of alkyl halides is 1. The smallest absolute Gasteiger partial charge is 0.235 e. The van der Waals surface area contributed by atoms with E-state index in [4.69, 9.17) is 17.3 Å². The molecule has 7 atom stereocenters. The first-order chi connectivity index (χ1) is 18.4. The van der Waals surface area contributed by atoms with E-state index >= 15 is 0 Å². The van der Waals surface area contributed by atoms with Crippen molar-refractivity contribution in [1.82, 2.24) is 4.90 Å². The molecule has 0 spiro atoms. The molecule has 0 aromatic heterocycles. The van der Waals surface area contributed by atoms with Gasteiger partial charge in [0.2, 0.25) is 5.91 Å². The maximum atomic E-state index is 13.9. The van der Waals surface area contributed by atoms with Crippen molar-refractivity contribution in [3.05, 3.63) is 40.5 Å². The van der Waals surface area contributed by atoms with Crippen molar-refractivity contribution in [2.24, 2.45) is 29.4 Å². The lowest BCUT2D eigenvalue weighted by molar-refractivity contribution is -0.181. The molecule has 0 saturated heterocycles. The van der Waals surface area contributed by atoms with Crippen LogP contribution in [0.3, 0.4) is 0 Å². The number of hydrogen-bond donors (Lipinski definition) is 3. The van der Waals surface area contributed by atoms with Crippen molar-refractivity contribution in [3.63, 3.8) is 0 Å². The van der Waals surface area contributed by atoms with Crippen LogP contribution >= 0.6 is 11.6 Å². The van der Waals surface area contributed by atoms with E-state index in [1.54, 1.807) is 20.2 Å². The molecule has 0 radical (unpaired) electrons. The lowest BCUT2D eigenvalue weighted by atomic mass is 9.52. The predicted molar refractivity (Wildman–Crippen MR) is 141 cm³/mol. The first kappa shape index (κ1) is 27.7. The van der Waals surface area contributed by atoms with E-state index in [1.807, 2.05) is 0 Å². The van der Waals surface area contributed by atoms with Crippen LogP contribution in [-0.4, -0.2) is 75.3 Å². The zero-order chi connectivity index (χ0) is 28.4. The normalized spacial score (nSPS) is 33.3. The molecule has 1 aromatic carbocycles. The Morgan fingerprint density at radius 2 is 1.90 bits per heavy atom. The Labute approximate surface area is 231 Å². The molecule has 4 N–H and O–H groups in total. The first-order valence-electron chi connectivity index (χ1n) is 13.4. The minimum Gasteiger partial charge on any atom is -0.507 e. The highest BCUT2D eigenvalue weighted by Gasteiger charge is 2.69. The summed E-state index contributed by atoms with van der Waals surface area (Å²) in [7, 11) is 3.12. The molecule has 1 aromatic rings. The fourth-order valence-electron chi connectivity index (χ4n) is 7.33. The second-order valence-electron chi connectivity index (χ2n) is 11.6. The molecular weight excluding hydrogens is 524 g/mol. The summed E-state index contributed by atoms with van der Waals surface area (Å²) in [6.07, 6.45) is 6.94. The van der Waals surface area contributed by atoms with Gasteiger partial charge in [-0.25, -0.2) is 0 Å². The van der Waals surface area contributed by atoms with Crippen LogP contribution in [0.25, 0.3) is 0 Å². The molecule has 0 aliphatic heterocycles. The molecule has 4 aliphatic carbocycles. The molecule has 0 heterocycles. The van der Waals surface area contributed by atoms with Gasteiger partial charge in [0.15, 0.2) is 34.7 Å². The molecule has 2 saturated carbocycles. The van der Waals surface area contributed by atoms with Gasteiger partial charge < -0.3 is 15.9 Å². The van der Waals surface area contributed by atoms with Gasteiger partial charge in [0.05, 0.1) is 22.9 Å². The summed E-state index contributed by atoms with van der Waals surface area (Å²) in [6.45, 7) is 0. The third-order valence-corrected chi connectivity index (χ3v) is 9.60. The number of aromatic hydroxyl groups is 1. The number of phenolic OH excluding ortho intramolecular Hbond substituents is 1. The van der Waals surface area contributed by atoms with Gasteiger partial charge in [-0.2, -0.15) is 0 Å². The van der Waals surface area contributed by atoms with Gasteiger partial charge in [-0.1, -0.05) is 17.7 Å². The van der Waals surface area contributed by atoms with E-state index in [0.717, 1.165) is 36.8 Å². The van der Waals surface area contributed by atoms with Crippen molar-refractivity contribution in [1.29, 1.82) is 0 Å². The average Bonchev–Trinajstić information content (AvgIpc) is 2.88. The summed E-state index contributed by atoms with van der Waals surface area (Å²) in [5.74, 6) is -10.4. The Morgan fingerprint density at radius 3 is 2.51 bits per heavy atom. The molecule has 10 heteroatoms. The lowest BCUT2D eigenvalue weighted by Gasteiger charge is -2.52. The maximum absolute atomic E-state index is 13.9. The fraction of sp³-hybridized carbons (Fsp3) is 0.552. The fourth-order valence-corrected chi connectivity index (χ4v) is 7.70. The highest BCUT2D eigenvalue weighted by atomic mass is 35.5. The molecule has 39 heavy (non-hydrogen) atoms. The van der Waals surface area contributed by atoms with Crippen molar-refractivity contribution in [2.45, 2.75) is 62.0 Å². The zero-order valence-electron chi connectivity index (χ0n) is 22.0. The number of benzene rings is 1. The molecule has 0 bridgehead atoms. The van der Waals surface area contributed by atoms with Gasteiger partial charge in [-0.05, 0) is 82.2 Å². The maximum Gasteiger partial charge on any atom is 0.235 e. The number of amides is 1. The van der Waals surface area contributed by atoms with E-state index in [-0.39, 0.29) is 29.5 Å². The van der Waals surface area contributed by atoms with Crippen LogP contribution in [0.2, 0.25) is 0 Å². The number of phenols is 1. The minimum absolute atomic E-state index is 0.000543. The minimum atomic E-state index is -2.72. The number of allylic oxidation sites excluding steroid dienone is 2. The van der Waals surface area contributed by atoms with Crippen LogP contribution in [0, 0.1) is 23.7 Å². The molecule has 9 nitrogen and oxygen atoms in total. The van der Waals surface area contributed by atoms with Crippen LogP contribution in [-0.2, 0) is 32.0 Å². The Bertz CT molecular complexity index is 1320. The van der Waals surface area contributed by atoms with E-state index in [1.165, 1.54) is 11.0 Å².